The van der Waals surface area contributed by atoms with Crippen LogP contribution in [0.25, 0.3) is 78.8 Å². The quantitative estimate of drug-likeness (QED) is 0.0312. The molecule has 0 amide bonds. The van der Waals surface area contributed by atoms with Gasteiger partial charge in [-0.2, -0.15) is 30.1 Å². The molecule has 14 rings (SSSR count). The first kappa shape index (κ1) is 106. The number of carboxylic acid groups (broad SMARTS) is 3. The third-order valence-corrected chi connectivity index (χ3v) is 15.1. The van der Waals surface area contributed by atoms with Gasteiger partial charge < -0.3 is 50.7 Å². The molecule has 0 bridgehead atoms. The molecule has 0 spiro atoms. The predicted octanol–water partition coefficient (Wildman–Crippen LogP) is 1.70. The van der Waals surface area contributed by atoms with Crippen molar-refractivity contribution in [2.24, 2.45) is 42.3 Å². The molecule has 0 atom stereocenters. The molecule has 42 heteroatoms. The summed E-state index contributed by atoms with van der Waals surface area (Å²) in [5.41, 5.74) is 10.4. The van der Waals surface area contributed by atoms with Crippen LogP contribution in [-0.2, 0) is 61.2 Å². The Labute approximate surface area is 768 Å². The molecule has 0 unspecified atom stereocenters. The number of carboxylic acids is 3. The molecule has 0 aliphatic rings. The number of hydrogen-bond donors (Lipinski definition) is 4. The molecule has 120 heavy (non-hydrogen) atoms. The van der Waals surface area contributed by atoms with Gasteiger partial charge in [-0.25, -0.2) is 52.3 Å². The number of esters is 4. The van der Waals surface area contributed by atoms with E-state index in [9.17, 15) is 33.6 Å². The van der Waals surface area contributed by atoms with Gasteiger partial charge in [0.2, 0.25) is 0 Å². The van der Waals surface area contributed by atoms with Crippen molar-refractivity contribution >= 4 is 64.4 Å². The van der Waals surface area contributed by atoms with E-state index in [2.05, 4.69) is 99.6 Å². The van der Waals surface area contributed by atoms with Crippen molar-refractivity contribution in [2.45, 2.75) is 27.7 Å². The van der Waals surface area contributed by atoms with Gasteiger partial charge in [-0.15, -0.1) is 35.7 Å². The Bertz CT molecular complexity index is 5320. The van der Waals surface area contributed by atoms with Crippen molar-refractivity contribution in [2.75, 3.05) is 31.4 Å². The molecule has 0 saturated carbocycles. The zero-order valence-corrected chi connectivity index (χ0v) is 76.2. The Morgan fingerprint density at radius 1 is 0.308 bits per heavy atom. The molecule has 0 aliphatic carbocycles. The standard InChI is InChI=1S/3C12H13N3O2.C11H11N3O2.3C10H9N3O2.CH3I.3Na.3H2O/c1-3-17-12(16)10-11(15(2)14-13-10)9-7-5-4-6-8-9;1-3-17-12(16)11-10(13-14-15(11)2)9-7-5-4-6-8-9;1-3-17-12(16)11-10(13-15(2)14-11)9-7-5-4-6-8-9;1-2-16-11(15)10-9(12-14-13-10)8-6-4-3-5-7-8;1-13-9(7-5-3-2-4-6-7)8(10(14)15)11-12-13;1-13-9(10(14)15)8(11-12-13)7-5-3-2-4-6-7;1-13-11-8(9(12-13)10(14)15)7-5-3-2-4-6-7;1-2;;;;;;/h3*4-8H,3H2,1-2H3;3-7H,2H2,1H3,(H,12,13,14);3*2-6H,1H3,(H,14,15);1H3;;;;3*1H2/q;;;;;;;;3*+1;;;/p-3. The molecule has 7 heterocycles. The van der Waals surface area contributed by atoms with Gasteiger partial charge in [0, 0.05) is 81.2 Å². The van der Waals surface area contributed by atoms with Crippen molar-refractivity contribution in [1.82, 2.24) is 105 Å². The molecule has 7 aromatic heterocycles. The Balaban J connectivity index is 0.000000692. The van der Waals surface area contributed by atoms with Crippen LogP contribution in [0.4, 0.5) is 0 Å². The predicted molar refractivity (Wildman–Crippen MR) is 431 cm³/mol. The van der Waals surface area contributed by atoms with Crippen LogP contribution in [0.5, 0.6) is 0 Å². The molecular weight excluding hydrogens is 1700 g/mol. The van der Waals surface area contributed by atoms with Crippen LogP contribution >= 0.6 is 22.6 Å². The zero-order valence-electron chi connectivity index (χ0n) is 68.0. The minimum Gasteiger partial charge on any atom is -0.870 e. The molecule has 0 saturated heterocycles. The summed E-state index contributed by atoms with van der Waals surface area (Å²) in [5, 5.41) is 83.5. The van der Waals surface area contributed by atoms with Gasteiger partial charge in [0.05, 0.1) is 26.4 Å². The summed E-state index contributed by atoms with van der Waals surface area (Å²) in [6.45, 7) is 8.34. The average molecular weight is 1780 g/mol. The van der Waals surface area contributed by atoms with E-state index < -0.39 is 41.8 Å². The molecule has 0 fully saturated rings. The third kappa shape index (κ3) is 30.0. The van der Waals surface area contributed by atoms with E-state index >= 15 is 0 Å². The van der Waals surface area contributed by atoms with Crippen LogP contribution in [0.15, 0.2) is 212 Å². The molecular formula is C78H83IN21Na3O17. The van der Waals surface area contributed by atoms with Gasteiger partial charge in [-0.05, 0) is 32.6 Å². The maximum absolute atomic E-state index is 11.8. The summed E-state index contributed by atoms with van der Waals surface area (Å²) >= 11 is 2.15. The molecule has 0 aliphatic heterocycles. The second-order valence-corrected chi connectivity index (χ2v) is 22.8. The first-order chi connectivity index (χ1) is 55.1. The number of halogens is 1. The van der Waals surface area contributed by atoms with E-state index in [4.69, 9.17) is 34.3 Å². The number of aromatic carboxylic acids is 3. The normalized spacial score (nSPS) is 9.57. The molecule has 14 aromatic rings. The van der Waals surface area contributed by atoms with Crippen molar-refractivity contribution in [3.05, 3.63) is 252 Å². The van der Waals surface area contributed by atoms with Crippen LogP contribution in [-0.4, -0.2) is 210 Å². The van der Waals surface area contributed by atoms with Gasteiger partial charge in [0.25, 0.3) is 0 Å². The van der Waals surface area contributed by atoms with Crippen LogP contribution in [0.3, 0.4) is 0 Å². The minimum atomic E-state index is -1.07. The number of carbonyl (C=O) groups is 7. The largest absolute Gasteiger partial charge is 1.00 e. The Hall–Kier alpha value is -11.6. The smallest absolute Gasteiger partial charge is 0.870 e. The van der Waals surface area contributed by atoms with Gasteiger partial charge in [0.1, 0.15) is 39.9 Å². The fourth-order valence-corrected chi connectivity index (χ4v) is 10.2. The number of H-pyrrole nitrogens is 1. The van der Waals surface area contributed by atoms with E-state index in [1.807, 2.05) is 193 Å². The SMILES string of the molecule is CCOC(=O)c1c(-c2ccccc2)nnn1C.CCOC(=O)c1n[nH]nc1-c1ccccc1.CCOC(=O)c1nn(C)nc1-c1ccccc1.CCOC(=O)c1nnn(C)c1-c1ccccc1.CI.Cn1nc(C(=O)O)c(-c2ccccc2)n1.Cn1nnc(-c2ccccc2)c1C(=O)O.Cn1nnc(C(=O)O)c1-c1ccccc1.[Na+].[Na+].[Na+].[OH-].[OH-].[OH-]. The summed E-state index contributed by atoms with van der Waals surface area (Å²) in [6.07, 6.45) is 0. The van der Waals surface area contributed by atoms with Crippen LogP contribution in [0.1, 0.15) is 101 Å². The second-order valence-electron chi connectivity index (χ2n) is 22.8. The number of nitrogens with zero attached hydrogens (tertiary/aromatic N) is 20. The van der Waals surface area contributed by atoms with E-state index in [0.717, 1.165) is 38.9 Å². The van der Waals surface area contributed by atoms with Crippen molar-refractivity contribution in [3.63, 3.8) is 0 Å². The van der Waals surface area contributed by atoms with Crippen LogP contribution in [0.2, 0.25) is 0 Å². The maximum Gasteiger partial charge on any atom is 1.00 e. The molecule has 7 N–H and O–H groups in total. The summed E-state index contributed by atoms with van der Waals surface area (Å²) in [6, 6.07) is 65.2. The van der Waals surface area contributed by atoms with Crippen molar-refractivity contribution < 1.29 is 173 Å². The number of benzene rings is 7. The first-order valence-electron chi connectivity index (χ1n) is 34.6. The number of aromatic nitrogens is 21. The summed E-state index contributed by atoms with van der Waals surface area (Å²) < 4.78 is 25.5. The van der Waals surface area contributed by atoms with E-state index in [1.54, 1.807) is 98.9 Å². The Morgan fingerprint density at radius 3 is 0.942 bits per heavy atom. The summed E-state index contributed by atoms with van der Waals surface area (Å²) in [7, 11) is 9.92. The Morgan fingerprint density at radius 2 is 0.583 bits per heavy atom. The fraction of sp³-hybridized carbons (Fsp3) is 0.192. The minimum absolute atomic E-state index is 0. The second kappa shape index (κ2) is 55.2. The molecule has 38 nitrogen and oxygen atoms in total. The fourth-order valence-electron chi connectivity index (χ4n) is 10.2. The third-order valence-electron chi connectivity index (χ3n) is 15.1. The maximum atomic E-state index is 11.8. The average Bonchev–Trinajstić information content (AvgIpc) is 1.69. The number of aryl methyl sites for hydroxylation is 6. The van der Waals surface area contributed by atoms with E-state index in [-0.39, 0.29) is 139 Å². The molecule has 612 valence electrons. The van der Waals surface area contributed by atoms with Crippen LogP contribution in [0, 0.1) is 0 Å². The Kier molecular flexibility index (Phi) is 49.0. The number of hydrogen-bond acceptors (Lipinski definition) is 28. The number of aromatic amines is 1. The number of rotatable bonds is 18. The molecule has 7 aromatic carbocycles. The molecule has 0 radical (unpaired) electrons. The monoisotopic (exact) mass is 1780 g/mol. The summed E-state index contributed by atoms with van der Waals surface area (Å²) in [5.74, 6) is -4.92. The van der Waals surface area contributed by atoms with Gasteiger partial charge >= 0.3 is 130 Å². The van der Waals surface area contributed by atoms with E-state index in [1.165, 1.54) is 23.6 Å². The number of nitrogens with one attached hydrogen (secondary N) is 1. The number of carbonyl (C=O) groups excluding carboxylic acids is 4. The first-order valence-corrected chi connectivity index (χ1v) is 36.7. The zero-order chi connectivity index (χ0) is 82.6. The number of alkyl halides is 1. The number of ether oxygens (including phenoxy) is 4. The van der Waals surface area contributed by atoms with Gasteiger partial charge in [-0.1, -0.05) is 256 Å². The van der Waals surface area contributed by atoms with Crippen molar-refractivity contribution in [1.29, 1.82) is 0 Å². The van der Waals surface area contributed by atoms with Crippen LogP contribution < -0.4 is 88.7 Å². The van der Waals surface area contributed by atoms with Gasteiger partial charge in [-0.3, -0.25) is 0 Å². The van der Waals surface area contributed by atoms with Crippen molar-refractivity contribution in [3.8, 4) is 78.8 Å². The topological polar surface area (TPSA) is 533 Å². The van der Waals surface area contributed by atoms with E-state index in [0.29, 0.717) is 72.0 Å². The van der Waals surface area contributed by atoms with Gasteiger partial charge in [0.15, 0.2) is 39.9 Å². The summed E-state index contributed by atoms with van der Waals surface area (Å²) in [4.78, 5) is 84.1.